The zero-order chi connectivity index (χ0) is 14.8. The zero-order valence-corrected chi connectivity index (χ0v) is 11.2. The normalized spacial score (nSPS) is 12.6. The minimum absolute atomic E-state index is 0.144. The highest BCUT2D eigenvalue weighted by atomic mass is 16.2. The van der Waals surface area contributed by atoms with Gasteiger partial charge in [0.25, 0.3) is 22.2 Å². The molecular weight excluding hydrogens is 260 g/mol. The number of nitrogens with one attached hydrogen (secondary N) is 1. The van der Waals surface area contributed by atoms with E-state index in [2.05, 4.69) is 4.98 Å². The van der Waals surface area contributed by atoms with E-state index in [1.54, 1.807) is 20.8 Å². The number of hydrogen-bond donors (Lipinski definition) is 1. The van der Waals surface area contributed by atoms with Crippen LogP contribution in [0.3, 0.4) is 0 Å². The van der Waals surface area contributed by atoms with Crippen molar-refractivity contribution in [1.82, 2.24) is 9.55 Å². The molecule has 0 saturated heterocycles. The zero-order valence-electron chi connectivity index (χ0n) is 11.2. The molecule has 2 aromatic heterocycles. The molecule has 0 spiro atoms. The van der Waals surface area contributed by atoms with E-state index in [1.807, 2.05) is 0 Å². The second-order valence-electron chi connectivity index (χ2n) is 5.84. The van der Waals surface area contributed by atoms with Crippen LogP contribution in [0.4, 0.5) is 0 Å². The average molecular weight is 272 g/mol. The SMILES string of the molecule is CC(C)(C)n1c(=O)c2cc3c(=O)[nH]c(=O)c3cc2c1=O. The summed E-state index contributed by atoms with van der Waals surface area (Å²) in [6.45, 7) is 5.25. The van der Waals surface area contributed by atoms with Crippen LogP contribution in [-0.4, -0.2) is 9.55 Å². The van der Waals surface area contributed by atoms with Gasteiger partial charge in [-0.3, -0.25) is 28.7 Å². The highest BCUT2D eigenvalue weighted by Gasteiger charge is 2.23. The van der Waals surface area contributed by atoms with Crippen molar-refractivity contribution in [3.8, 4) is 0 Å². The van der Waals surface area contributed by atoms with E-state index in [1.165, 1.54) is 12.1 Å². The maximum absolute atomic E-state index is 12.3. The molecule has 0 atom stereocenters. The summed E-state index contributed by atoms with van der Waals surface area (Å²) in [4.78, 5) is 50.0. The topological polar surface area (TPSA) is 89.0 Å². The van der Waals surface area contributed by atoms with E-state index in [4.69, 9.17) is 0 Å². The molecule has 3 rings (SSSR count). The molecule has 0 unspecified atom stereocenters. The lowest BCUT2D eigenvalue weighted by atomic mass is 10.1. The van der Waals surface area contributed by atoms with Crippen molar-refractivity contribution in [2.75, 3.05) is 0 Å². The summed E-state index contributed by atoms with van der Waals surface area (Å²) in [6, 6.07) is 2.66. The summed E-state index contributed by atoms with van der Waals surface area (Å²) in [5.41, 5.74) is -2.62. The van der Waals surface area contributed by atoms with Gasteiger partial charge in [-0.05, 0) is 32.9 Å². The predicted octanol–water partition coefficient (Wildman–Crippen LogP) is 0.194. The predicted molar refractivity (Wildman–Crippen MR) is 76.2 cm³/mol. The Labute approximate surface area is 112 Å². The van der Waals surface area contributed by atoms with Gasteiger partial charge in [0.05, 0.1) is 21.5 Å². The van der Waals surface area contributed by atoms with E-state index in [0.29, 0.717) is 0 Å². The lowest BCUT2D eigenvalue weighted by Gasteiger charge is -2.18. The number of nitrogens with zero attached hydrogens (tertiary/aromatic N) is 1. The van der Waals surface area contributed by atoms with Gasteiger partial charge in [0.15, 0.2) is 0 Å². The minimum Gasteiger partial charge on any atom is -0.288 e. The third-order valence-electron chi connectivity index (χ3n) is 3.41. The minimum atomic E-state index is -0.663. The summed E-state index contributed by atoms with van der Waals surface area (Å²) >= 11 is 0. The van der Waals surface area contributed by atoms with E-state index in [0.717, 1.165) is 4.57 Å². The summed E-state index contributed by atoms with van der Waals surface area (Å²) in [6.07, 6.45) is 0. The number of benzene rings is 1. The van der Waals surface area contributed by atoms with Crippen LogP contribution in [0.1, 0.15) is 20.8 Å². The molecule has 0 aliphatic heterocycles. The van der Waals surface area contributed by atoms with Gasteiger partial charge in [-0.15, -0.1) is 0 Å². The fourth-order valence-corrected chi connectivity index (χ4v) is 2.51. The van der Waals surface area contributed by atoms with Crippen LogP contribution in [0.25, 0.3) is 21.5 Å². The third-order valence-corrected chi connectivity index (χ3v) is 3.41. The second-order valence-corrected chi connectivity index (χ2v) is 5.84. The van der Waals surface area contributed by atoms with Crippen LogP contribution < -0.4 is 22.2 Å². The molecule has 0 radical (unpaired) electrons. The monoisotopic (exact) mass is 272 g/mol. The molecule has 2 heterocycles. The molecule has 0 aliphatic rings. The van der Waals surface area contributed by atoms with Crippen LogP contribution in [0.5, 0.6) is 0 Å². The first-order chi connectivity index (χ1) is 9.21. The lowest BCUT2D eigenvalue weighted by molar-refractivity contribution is 0.380. The van der Waals surface area contributed by atoms with Gasteiger partial charge in [-0.25, -0.2) is 0 Å². The van der Waals surface area contributed by atoms with Crippen molar-refractivity contribution in [2.45, 2.75) is 26.3 Å². The highest BCUT2D eigenvalue weighted by molar-refractivity contribution is 5.97. The van der Waals surface area contributed by atoms with E-state index >= 15 is 0 Å². The van der Waals surface area contributed by atoms with Gasteiger partial charge >= 0.3 is 0 Å². The first-order valence-corrected chi connectivity index (χ1v) is 6.14. The molecule has 0 saturated carbocycles. The fraction of sp³-hybridized carbons (Fsp3) is 0.286. The Morgan fingerprint density at radius 3 is 1.55 bits per heavy atom. The van der Waals surface area contributed by atoms with Crippen LogP contribution in [0.15, 0.2) is 31.3 Å². The molecule has 1 N–H and O–H groups in total. The maximum Gasteiger partial charge on any atom is 0.262 e. The third kappa shape index (κ3) is 1.44. The maximum atomic E-state index is 12.3. The Bertz CT molecular complexity index is 978. The van der Waals surface area contributed by atoms with Gasteiger partial charge in [-0.1, -0.05) is 0 Å². The summed E-state index contributed by atoms with van der Waals surface area (Å²) in [7, 11) is 0. The first kappa shape index (κ1) is 12.5. The van der Waals surface area contributed by atoms with Crippen molar-refractivity contribution in [2.24, 2.45) is 0 Å². The second kappa shape index (κ2) is 3.53. The van der Waals surface area contributed by atoms with E-state index in [9.17, 15) is 19.2 Å². The van der Waals surface area contributed by atoms with Gasteiger partial charge < -0.3 is 0 Å². The van der Waals surface area contributed by atoms with Crippen molar-refractivity contribution >= 4 is 21.5 Å². The smallest absolute Gasteiger partial charge is 0.262 e. The number of fused-ring (bicyclic) bond motifs is 2. The van der Waals surface area contributed by atoms with Gasteiger partial charge in [0.1, 0.15) is 0 Å². The number of rotatable bonds is 0. The molecule has 0 aliphatic carbocycles. The van der Waals surface area contributed by atoms with Crippen molar-refractivity contribution in [3.05, 3.63) is 53.5 Å². The average Bonchev–Trinajstić information content (AvgIpc) is 2.74. The van der Waals surface area contributed by atoms with Gasteiger partial charge in [0.2, 0.25) is 0 Å². The molecule has 20 heavy (non-hydrogen) atoms. The largest absolute Gasteiger partial charge is 0.288 e. The molecular formula is C14H12N2O4. The highest BCUT2D eigenvalue weighted by Crippen LogP contribution is 2.16. The van der Waals surface area contributed by atoms with Crippen LogP contribution in [0, 0.1) is 0 Å². The van der Waals surface area contributed by atoms with Crippen LogP contribution in [0.2, 0.25) is 0 Å². The molecule has 0 amide bonds. The lowest BCUT2D eigenvalue weighted by Crippen LogP contribution is -2.38. The van der Waals surface area contributed by atoms with Crippen molar-refractivity contribution < 1.29 is 0 Å². The standard InChI is InChI=1S/C14H12N2O4/c1-14(2,3)16-12(19)8-4-6-7(5-9(8)13(16)20)11(18)15-10(6)17/h4-5H,1-3H3,(H,15,17,18). The van der Waals surface area contributed by atoms with Crippen LogP contribution in [-0.2, 0) is 5.54 Å². The molecule has 6 heteroatoms. The Balaban J connectivity index is 2.64. The number of aromatic amines is 1. The molecule has 102 valence electrons. The summed E-state index contributed by atoms with van der Waals surface area (Å²) in [5.74, 6) is 0. The number of H-pyrrole nitrogens is 1. The summed E-state index contributed by atoms with van der Waals surface area (Å²) < 4.78 is 1.15. The molecule has 0 bridgehead atoms. The van der Waals surface area contributed by atoms with Crippen molar-refractivity contribution in [1.29, 1.82) is 0 Å². The Hall–Kier alpha value is -2.50. The van der Waals surface area contributed by atoms with Crippen LogP contribution >= 0.6 is 0 Å². The quantitative estimate of drug-likeness (QED) is 0.633. The molecule has 3 aromatic rings. The Morgan fingerprint density at radius 2 is 1.20 bits per heavy atom. The summed E-state index contributed by atoms with van der Waals surface area (Å²) in [5, 5.41) is 0.637. The Kier molecular flexibility index (Phi) is 2.21. The number of aromatic nitrogens is 2. The van der Waals surface area contributed by atoms with E-state index in [-0.39, 0.29) is 21.5 Å². The molecule has 1 aromatic carbocycles. The number of hydrogen-bond acceptors (Lipinski definition) is 4. The van der Waals surface area contributed by atoms with Crippen molar-refractivity contribution in [3.63, 3.8) is 0 Å². The van der Waals surface area contributed by atoms with E-state index < -0.39 is 27.8 Å². The first-order valence-electron chi connectivity index (χ1n) is 6.14. The molecule has 0 fully saturated rings. The fourth-order valence-electron chi connectivity index (χ4n) is 2.51. The Morgan fingerprint density at radius 1 is 0.800 bits per heavy atom. The van der Waals surface area contributed by atoms with Gasteiger partial charge in [-0.2, -0.15) is 0 Å². The molecule has 6 nitrogen and oxygen atoms in total. The van der Waals surface area contributed by atoms with Gasteiger partial charge in [0, 0.05) is 5.54 Å².